The molecular formula is C18H19N3O5S. The number of phenolic OH excluding ortho intramolecular Hbond substituents is 1. The number of aromatic amines is 1. The molecule has 0 fully saturated rings. The van der Waals surface area contributed by atoms with Crippen LogP contribution in [0.1, 0.15) is 25.3 Å². The van der Waals surface area contributed by atoms with E-state index in [2.05, 4.69) is 10.2 Å². The molecule has 0 aliphatic heterocycles. The number of aromatic nitrogens is 3. The highest BCUT2D eigenvalue weighted by molar-refractivity contribution is 7.90. The fourth-order valence-corrected chi connectivity index (χ4v) is 4.03. The van der Waals surface area contributed by atoms with Gasteiger partial charge in [-0.15, -0.1) is 0 Å². The van der Waals surface area contributed by atoms with Crippen molar-refractivity contribution in [3.8, 4) is 22.9 Å². The zero-order valence-corrected chi connectivity index (χ0v) is 15.8. The highest BCUT2D eigenvalue weighted by Crippen LogP contribution is 2.30. The van der Waals surface area contributed by atoms with Crippen LogP contribution in [0.15, 0.2) is 52.2 Å². The average molecular weight is 389 g/mol. The Kier molecular flexibility index (Phi) is 4.79. The van der Waals surface area contributed by atoms with Crippen molar-refractivity contribution in [2.24, 2.45) is 0 Å². The van der Waals surface area contributed by atoms with Gasteiger partial charge in [-0.25, -0.2) is 18.3 Å². The lowest BCUT2D eigenvalue weighted by molar-refractivity contribution is 0.414. The molecule has 3 aromatic rings. The molecule has 1 aromatic heterocycles. The van der Waals surface area contributed by atoms with Crippen LogP contribution in [0.25, 0.3) is 11.4 Å². The third-order valence-corrected chi connectivity index (χ3v) is 5.83. The van der Waals surface area contributed by atoms with Crippen molar-refractivity contribution in [2.45, 2.75) is 24.7 Å². The molecule has 0 saturated carbocycles. The van der Waals surface area contributed by atoms with Gasteiger partial charge in [0, 0.05) is 5.56 Å². The topological polar surface area (TPSA) is 114 Å². The first-order valence-electron chi connectivity index (χ1n) is 8.16. The van der Waals surface area contributed by atoms with Crippen LogP contribution in [0, 0.1) is 0 Å². The Hall–Kier alpha value is -3.07. The van der Waals surface area contributed by atoms with Gasteiger partial charge in [-0.05, 0) is 53.9 Å². The maximum Gasteiger partial charge on any atom is 0.357 e. The molecule has 0 aliphatic rings. The standard InChI is InChI=1S/C18H19N3O5S/c1-11(2)15-10-12(4-9-16(15)22)17-19-20-18(23)21(17)27(24,25)14-7-5-13(26-3)6-8-14/h4-11,22H,1-3H3,(H,20,23). The predicted octanol–water partition coefficient (Wildman–Crippen LogP) is 2.31. The number of ether oxygens (including phenoxy) is 1. The summed E-state index contributed by atoms with van der Waals surface area (Å²) in [6, 6.07) is 10.3. The number of H-pyrrole nitrogens is 1. The first-order valence-corrected chi connectivity index (χ1v) is 9.60. The number of aromatic hydroxyl groups is 1. The molecule has 1 heterocycles. The van der Waals surface area contributed by atoms with E-state index in [9.17, 15) is 18.3 Å². The van der Waals surface area contributed by atoms with Crippen LogP contribution in [0.4, 0.5) is 0 Å². The van der Waals surface area contributed by atoms with Crippen molar-refractivity contribution in [3.05, 3.63) is 58.5 Å². The van der Waals surface area contributed by atoms with Crippen molar-refractivity contribution in [2.75, 3.05) is 7.11 Å². The van der Waals surface area contributed by atoms with Crippen LogP contribution < -0.4 is 10.4 Å². The molecule has 2 aromatic carbocycles. The SMILES string of the molecule is COc1ccc(S(=O)(=O)n2c(-c3ccc(O)c(C(C)C)c3)n[nH]c2=O)cc1. The van der Waals surface area contributed by atoms with Crippen LogP contribution in [0.2, 0.25) is 0 Å². The van der Waals surface area contributed by atoms with Crippen LogP contribution in [-0.2, 0) is 10.0 Å². The number of rotatable bonds is 5. The number of hydrogen-bond donors (Lipinski definition) is 2. The van der Waals surface area contributed by atoms with Crippen molar-refractivity contribution >= 4 is 10.0 Å². The van der Waals surface area contributed by atoms with E-state index in [1.807, 2.05) is 13.8 Å². The van der Waals surface area contributed by atoms with E-state index < -0.39 is 15.7 Å². The van der Waals surface area contributed by atoms with Crippen molar-refractivity contribution in [1.29, 1.82) is 0 Å². The Morgan fingerprint density at radius 3 is 2.41 bits per heavy atom. The van der Waals surface area contributed by atoms with Gasteiger partial charge in [-0.3, -0.25) is 0 Å². The first-order chi connectivity index (χ1) is 12.8. The molecule has 0 radical (unpaired) electrons. The fraction of sp³-hybridized carbons (Fsp3) is 0.222. The summed E-state index contributed by atoms with van der Waals surface area (Å²) in [6.45, 7) is 3.79. The van der Waals surface area contributed by atoms with E-state index >= 15 is 0 Å². The Labute approximate surface area is 156 Å². The minimum atomic E-state index is -4.18. The predicted molar refractivity (Wildman–Crippen MR) is 99.6 cm³/mol. The second-order valence-electron chi connectivity index (χ2n) is 6.23. The molecule has 0 atom stereocenters. The maximum absolute atomic E-state index is 13.0. The first kappa shape index (κ1) is 18.7. The fourth-order valence-electron chi connectivity index (χ4n) is 2.70. The molecule has 9 heteroatoms. The minimum absolute atomic E-state index is 0.00209. The lowest BCUT2D eigenvalue weighted by Gasteiger charge is -2.12. The summed E-state index contributed by atoms with van der Waals surface area (Å²) in [4.78, 5) is 12.2. The quantitative estimate of drug-likeness (QED) is 0.692. The van der Waals surface area contributed by atoms with E-state index in [0.717, 1.165) is 0 Å². The molecule has 0 bridgehead atoms. The second kappa shape index (κ2) is 6.92. The highest BCUT2D eigenvalue weighted by Gasteiger charge is 2.25. The van der Waals surface area contributed by atoms with E-state index in [4.69, 9.17) is 4.74 Å². The molecular weight excluding hydrogens is 370 g/mol. The zero-order valence-electron chi connectivity index (χ0n) is 15.0. The zero-order chi connectivity index (χ0) is 19.8. The maximum atomic E-state index is 13.0. The van der Waals surface area contributed by atoms with Crippen molar-refractivity contribution in [3.63, 3.8) is 0 Å². The van der Waals surface area contributed by atoms with Crippen molar-refractivity contribution < 1.29 is 18.3 Å². The number of hydrogen-bond acceptors (Lipinski definition) is 6. The number of phenols is 1. The van der Waals surface area contributed by atoms with Gasteiger partial charge in [0.15, 0.2) is 5.82 Å². The number of methoxy groups -OCH3 is 1. The van der Waals surface area contributed by atoms with Crippen LogP contribution >= 0.6 is 0 Å². The van der Waals surface area contributed by atoms with Crippen LogP contribution in [0.3, 0.4) is 0 Å². The summed E-state index contributed by atoms with van der Waals surface area (Å²) < 4.78 is 31.7. The third kappa shape index (κ3) is 3.33. The van der Waals surface area contributed by atoms with Gasteiger partial charge < -0.3 is 9.84 Å². The number of benzene rings is 2. The molecule has 0 aliphatic carbocycles. The van der Waals surface area contributed by atoms with E-state index in [1.54, 1.807) is 6.07 Å². The minimum Gasteiger partial charge on any atom is -0.508 e. The summed E-state index contributed by atoms with van der Waals surface area (Å²) in [5, 5.41) is 16.1. The molecule has 142 valence electrons. The van der Waals surface area contributed by atoms with E-state index in [-0.39, 0.29) is 22.4 Å². The van der Waals surface area contributed by atoms with Gasteiger partial charge in [0.25, 0.3) is 10.0 Å². The molecule has 3 rings (SSSR count). The lowest BCUT2D eigenvalue weighted by Crippen LogP contribution is -2.26. The van der Waals surface area contributed by atoms with Gasteiger partial charge in [-0.1, -0.05) is 13.8 Å². The summed E-state index contributed by atoms with van der Waals surface area (Å²) >= 11 is 0. The Morgan fingerprint density at radius 1 is 1.15 bits per heavy atom. The molecule has 2 N–H and O–H groups in total. The number of nitrogens with one attached hydrogen (secondary N) is 1. The Balaban J connectivity index is 2.18. The molecule has 0 saturated heterocycles. The Morgan fingerprint density at radius 2 is 1.81 bits per heavy atom. The lowest BCUT2D eigenvalue weighted by atomic mass is 9.99. The second-order valence-corrected chi connectivity index (χ2v) is 8.01. The third-order valence-electron chi connectivity index (χ3n) is 4.14. The van der Waals surface area contributed by atoms with Gasteiger partial charge >= 0.3 is 5.69 Å². The molecule has 0 spiro atoms. The monoisotopic (exact) mass is 389 g/mol. The molecule has 27 heavy (non-hydrogen) atoms. The average Bonchev–Trinajstić information content (AvgIpc) is 3.04. The van der Waals surface area contributed by atoms with Crippen LogP contribution in [-0.4, -0.2) is 34.8 Å². The molecule has 0 amide bonds. The summed E-state index contributed by atoms with van der Waals surface area (Å²) in [6.07, 6.45) is 0. The van der Waals surface area contributed by atoms with Crippen molar-refractivity contribution in [1.82, 2.24) is 14.2 Å². The summed E-state index contributed by atoms with van der Waals surface area (Å²) in [5.74, 6) is 0.532. The summed E-state index contributed by atoms with van der Waals surface area (Å²) in [5.41, 5.74) is 0.142. The highest BCUT2D eigenvalue weighted by atomic mass is 32.2. The van der Waals surface area contributed by atoms with E-state index in [1.165, 1.54) is 43.5 Å². The van der Waals surface area contributed by atoms with Crippen LogP contribution in [0.5, 0.6) is 11.5 Å². The normalized spacial score (nSPS) is 11.7. The van der Waals surface area contributed by atoms with E-state index in [0.29, 0.717) is 20.8 Å². The van der Waals surface area contributed by atoms with Gasteiger partial charge in [0.1, 0.15) is 11.5 Å². The van der Waals surface area contributed by atoms with Gasteiger partial charge in [0.05, 0.1) is 12.0 Å². The van der Waals surface area contributed by atoms with Gasteiger partial charge in [0.2, 0.25) is 0 Å². The Bertz CT molecular complexity index is 1130. The summed E-state index contributed by atoms with van der Waals surface area (Å²) in [7, 11) is -2.71. The van der Waals surface area contributed by atoms with Gasteiger partial charge in [-0.2, -0.15) is 9.07 Å². The molecule has 8 nitrogen and oxygen atoms in total. The smallest absolute Gasteiger partial charge is 0.357 e. The number of nitrogens with zero attached hydrogens (tertiary/aromatic N) is 2. The molecule has 0 unspecified atom stereocenters. The largest absolute Gasteiger partial charge is 0.508 e.